The molecule has 0 fully saturated rings. The Morgan fingerprint density at radius 3 is 2.44 bits per heavy atom. The first-order valence-electron chi connectivity index (χ1n) is 10.8. The highest BCUT2D eigenvalue weighted by Crippen LogP contribution is 2.46. The number of anilines is 5. The Labute approximate surface area is 195 Å². The van der Waals surface area contributed by atoms with Gasteiger partial charge in [-0.3, -0.25) is 0 Å². The number of fused-ring (bicyclic) bond motifs is 1. The smallest absolute Gasteiger partial charge is 0.231 e. The van der Waals surface area contributed by atoms with Crippen molar-refractivity contribution in [3.8, 4) is 5.69 Å². The molecule has 0 unspecified atom stereocenters. The molecule has 34 heavy (non-hydrogen) atoms. The number of hydrogen-bond acceptors (Lipinski definition) is 7. The molecule has 0 aliphatic carbocycles. The minimum absolute atomic E-state index is 0.246. The summed E-state index contributed by atoms with van der Waals surface area (Å²) >= 11 is 0. The molecule has 10 heteroatoms. The molecule has 0 amide bonds. The molecule has 0 bridgehead atoms. The van der Waals surface area contributed by atoms with Crippen molar-refractivity contribution in [2.45, 2.75) is 26.2 Å². The van der Waals surface area contributed by atoms with Crippen molar-refractivity contribution in [3.63, 3.8) is 0 Å². The molecular weight excluding hydrogens is 438 g/mol. The van der Waals surface area contributed by atoms with E-state index in [0.717, 1.165) is 11.3 Å². The summed E-state index contributed by atoms with van der Waals surface area (Å²) in [5, 5.41) is 10.4. The van der Waals surface area contributed by atoms with E-state index < -0.39 is 5.82 Å². The Balaban J connectivity index is 1.52. The molecule has 2 aromatic carbocycles. The average molecular weight is 463 g/mol. The Bertz CT molecular complexity index is 1360. The first-order valence-corrected chi connectivity index (χ1v) is 10.8. The number of nitrogens with zero attached hydrogens (tertiary/aromatic N) is 6. The number of nitrogens with one attached hydrogen (secondary N) is 2. The number of halogens is 2. The van der Waals surface area contributed by atoms with Gasteiger partial charge in [-0.25, -0.2) is 18.4 Å². The third-order valence-corrected chi connectivity index (χ3v) is 5.81. The van der Waals surface area contributed by atoms with Crippen LogP contribution in [-0.2, 0) is 5.41 Å². The van der Waals surface area contributed by atoms with Gasteiger partial charge in [0.05, 0.1) is 0 Å². The van der Waals surface area contributed by atoms with Crippen LogP contribution >= 0.6 is 0 Å². The van der Waals surface area contributed by atoms with E-state index in [4.69, 9.17) is 4.98 Å². The van der Waals surface area contributed by atoms with Crippen molar-refractivity contribution < 1.29 is 8.78 Å². The molecule has 0 saturated heterocycles. The normalized spacial score (nSPS) is 14.2. The highest BCUT2D eigenvalue weighted by atomic mass is 19.1. The van der Waals surface area contributed by atoms with Gasteiger partial charge in [0.25, 0.3) is 0 Å². The lowest BCUT2D eigenvalue weighted by atomic mass is 9.88. The van der Waals surface area contributed by atoms with Gasteiger partial charge in [-0.1, -0.05) is 13.8 Å². The maximum atomic E-state index is 14.8. The molecular formula is C24H24F2N8. The Morgan fingerprint density at radius 1 is 1.03 bits per heavy atom. The van der Waals surface area contributed by atoms with Crippen LogP contribution in [-0.4, -0.2) is 38.3 Å². The number of benzene rings is 2. The fraction of sp³-hybridized carbons (Fsp3) is 0.250. The lowest BCUT2D eigenvalue weighted by Crippen LogP contribution is -2.25. The fourth-order valence-corrected chi connectivity index (χ4v) is 4.25. The zero-order valence-electron chi connectivity index (χ0n) is 19.3. The summed E-state index contributed by atoms with van der Waals surface area (Å²) in [6.07, 6.45) is 1.47. The molecule has 3 heterocycles. The third kappa shape index (κ3) is 3.81. The molecule has 2 aromatic heterocycles. The van der Waals surface area contributed by atoms with Crippen molar-refractivity contribution in [2.75, 3.05) is 29.1 Å². The first kappa shape index (κ1) is 21.7. The molecule has 5 rings (SSSR count). The predicted molar refractivity (Wildman–Crippen MR) is 127 cm³/mol. The van der Waals surface area contributed by atoms with E-state index in [1.54, 1.807) is 38.2 Å². The SMILES string of the molecule is CNc1nc(Nc2ccc(-n3cnc(C)n3)c(F)c2)nc2c1C(C)(C)CN2c1ccc(F)cc1. The summed E-state index contributed by atoms with van der Waals surface area (Å²) < 4.78 is 29.7. The van der Waals surface area contributed by atoms with Crippen LogP contribution in [0, 0.1) is 18.6 Å². The van der Waals surface area contributed by atoms with Gasteiger partial charge in [0.1, 0.15) is 35.3 Å². The van der Waals surface area contributed by atoms with E-state index >= 15 is 0 Å². The third-order valence-electron chi connectivity index (χ3n) is 5.81. The lowest BCUT2D eigenvalue weighted by Gasteiger charge is -2.21. The number of aromatic nitrogens is 5. The van der Waals surface area contributed by atoms with Crippen molar-refractivity contribution in [2.24, 2.45) is 0 Å². The number of hydrogen-bond donors (Lipinski definition) is 2. The van der Waals surface area contributed by atoms with E-state index in [9.17, 15) is 8.78 Å². The molecule has 1 aliphatic rings. The van der Waals surface area contributed by atoms with Gasteiger partial charge in [-0.15, -0.1) is 0 Å². The fourth-order valence-electron chi connectivity index (χ4n) is 4.25. The van der Waals surface area contributed by atoms with E-state index in [1.165, 1.54) is 29.2 Å². The lowest BCUT2D eigenvalue weighted by molar-refractivity contribution is 0.569. The van der Waals surface area contributed by atoms with Crippen LogP contribution in [0.3, 0.4) is 0 Å². The van der Waals surface area contributed by atoms with E-state index in [-0.39, 0.29) is 11.2 Å². The standard InChI is InChI=1S/C24H24F2N8/c1-14-28-13-34(32-14)19-10-7-16(11-18(19)26)29-23-30-21(27-4)20-22(31-23)33(12-24(20,2)3)17-8-5-15(25)6-9-17/h5-11,13H,12H2,1-4H3,(H2,27,29,30,31). The van der Waals surface area contributed by atoms with E-state index in [1.807, 2.05) is 4.90 Å². The van der Waals surface area contributed by atoms with Gasteiger partial charge < -0.3 is 15.5 Å². The molecule has 174 valence electrons. The van der Waals surface area contributed by atoms with Crippen LogP contribution in [0.2, 0.25) is 0 Å². The molecule has 0 saturated carbocycles. The zero-order valence-corrected chi connectivity index (χ0v) is 19.3. The molecule has 8 nitrogen and oxygen atoms in total. The molecule has 0 spiro atoms. The van der Waals surface area contributed by atoms with Crippen molar-refractivity contribution in [1.82, 2.24) is 24.7 Å². The Hall–Kier alpha value is -4.08. The molecule has 1 aliphatic heterocycles. The van der Waals surface area contributed by atoms with Crippen LogP contribution in [0.25, 0.3) is 5.69 Å². The minimum Gasteiger partial charge on any atom is -0.373 e. The van der Waals surface area contributed by atoms with Gasteiger partial charge in [0.2, 0.25) is 5.95 Å². The number of rotatable bonds is 5. The summed E-state index contributed by atoms with van der Waals surface area (Å²) in [7, 11) is 1.80. The van der Waals surface area contributed by atoms with Crippen LogP contribution in [0.5, 0.6) is 0 Å². The van der Waals surface area contributed by atoms with Gasteiger partial charge in [-0.2, -0.15) is 15.1 Å². The zero-order chi connectivity index (χ0) is 24.0. The van der Waals surface area contributed by atoms with E-state index in [0.29, 0.717) is 41.3 Å². The van der Waals surface area contributed by atoms with Crippen molar-refractivity contribution in [1.29, 1.82) is 0 Å². The first-order chi connectivity index (χ1) is 16.2. The summed E-state index contributed by atoms with van der Waals surface area (Å²) in [4.78, 5) is 15.5. The Kier molecular flexibility index (Phi) is 5.15. The summed E-state index contributed by atoms with van der Waals surface area (Å²) in [6.45, 7) is 6.63. The Morgan fingerprint density at radius 2 is 1.79 bits per heavy atom. The monoisotopic (exact) mass is 462 g/mol. The second-order valence-corrected chi connectivity index (χ2v) is 8.82. The van der Waals surface area contributed by atoms with Gasteiger partial charge in [-0.05, 0) is 49.4 Å². The molecule has 0 radical (unpaired) electrons. The highest BCUT2D eigenvalue weighted by molar-refractivity contribution is 5.76. The maximum absolute atomic E-state index is 14.8. The molecule has 0 atom stereocenters. The van der Waals surface area contributed by atoms with Crippen LogP contribution in [0.15, 0.2) is 48.8 Å². The summed E-state index contributed by atoms with van der Waals surface area (Å²) in [6, 6.07) is 11.0. The van der Waals surface area contributed by atoms with Crippen LogP contribution in [0.4, 0.5) is 37.7 Å². The van der Waals surface area contributed by atoms with Gasteiger partial charge in [0, 0.05) is 35.9 Å². The van der Waals surface area contributed by atoms with Crippen molar-refractivity contribution in [3.05, 3.63) is 71.8 Å². The van der Waals surface area contributed by atoms with E-state index in [2.05, 4.69) is 39.5 Å². The van der Waals surface area contributed by atoms with Gasteiger partial charge >= 0.3 is 0 Å². The summed E-state index contributed by atoms with van der Waals surface area (Å²) in [5.41, 5.74) is 2.34. The average Bonchev–Trinajstić information content (AvgIpc) is 3.34. The summed E-state index contributed by atoms with van der Waals surface area (Å²) in [5.74, 6) is 1.51. The largest absolute Gasteiger partial charge is 0.373 e. The van der Waals surface area contributed by atoms with Crippen LogP contribution < -0.4 is 15.5 Å². The minimum atomic E-state index is -0.459. The topological polar surface area (TPSA) is 83.8 Å². The number of aryl methyl sites for hydroxylation is 1. The van der Waals surface area contributed by atoms with Gasteiger partial charge in [0.15, 0.2) is 5.82 Å². The second-order valence-electron chi connectivity index (χ2n) is 8.82. The molecule has 2 N–H and O–H groups in total. The second kappa shape index (κ2) is 8.05. The quantitative estimate of drug-likeness (QED) is 0.438. The molecule has 4 aromatic rings. The van der Waals surface area contributed by atoms with Crippen LogP contribution in [0.1, 0.15) is 25.2 Å². The predicted octanol–water partition coefficient (Wildman–Crippen LogP) is 4.86. The highest BCUT2D eigenvalue weighted by Gasteiger charge is 2.40. The maximum Gasteiger partial charge on any atom is 0.231 e. The van der Waals surface area contributed by atoms with Crippen molar-refractivity contribution >= 4 is 29.0 Å².